The van der Waals surface area contributed by atoms with Crippen LogP contribution >= 0.6 is 12.4 Å². The summed E-state index contributed by atoms with van der Waals surface area (Å²) in [6.07, 6.45) is 0.0322. The zero-order valence-electron chi connectivity index (χ0n) is 12.8. The molecule has 2 rings (SSSR count). The second kappa shape index (κ2) is 10.4. The Bertz CT molecular complexity index is 486. The summed E-state index contributed by atoms with van der Waals surface area (Å²) in [6.45, 7) is 2.33. The van der Waals surface area contributed by atoms with Crippen molar-refractivity contribution < 1.29 is 18.3 Å². The van der Waals surface area contributed by atoms with E-state index in [9.17, 15) is 13.6 Å². The van der Waals surface area contributed by atoms with Gasteiger partial charge in [-0.3, -0.25) is 9.69 Å². The molecule has 0 aromatic heterocycles. The lowest BCUT2D eigenvalue weighted by Gasteiger charge is -2.27. The molecule has 1 aromatic carbocycles. The van der Waals surface area contributed by atoms with Gasteiger partial charge >= 0.3 is 6.61 Å². The fourth-order valence-corrected chi connectivity index (χ4v) is 2.38. The van der Waals surface area contributed by atoms with Gasteiger partial charge in [0, 0.05) is 44.8 Å². The molecule has 130 valence electrons. The monoisotopic (exact) mass is 349 g/mol. The van der Waals surface area contributed by atoms with Crippen molar-refractivity contribution in [3.8, 4) is 5.75 Å². The van der Waals surface area contributed by atoms with E-state index in [1.54, 1.807) is 18.2 Å². The zero-order chi connectivity index (χ0) is 15.8. The fraction of sp³-hybridized carbons (Fsp3) is 0.533. The molecule has 0 aliphatic carbocycles. The first kappa shape index (κ1) is 19.6. The number of carbonyl (C=O) groups is 1. The average Bonchev–Trinajstić information content (AvgIpc) is 2.50. The van der Waals surface area contributed by atoms with Crippen LogP contribution in [-0.2, 0) is 11.2 Å². The first-order valence-electron chi connectivity index (χ1n) is 7.37. The van der Waals surface area contributed by atoms with Gasteiger partial charge in [-0.05, 0) is 6.07 Å². The Morgan fingerprint density at radius 2 is 2.00 bits per heavy atom. The van der Waals surface area contributed by atoms with Gasteiger partial charge in [0.1, 0.15) is 5.75 Å². The summed E-state index contributed by atoms with van der Waals surface area (Å²) >= 11 is 0. The number of benzene rings is 1. The summed E-state index contributed by atoms with van der Waals surface area (Å²) in [5.41, 5.74) is 0.461. The Labute approximate surface area is 140 Å². The molecule has 1 aliphatic rings. The number of amides is 1. The SMILES string of the molecule is Cl.O=C(Cc1ccccc1OC(F)F)NCCN1CCNCC1. The molecule has 1 aliphatic heterocycles. The molecule has 1 amide bonds. The Kier molecular flexibility index (Phi) is 8.83. The highest BCUT2D eigenvalue weighted by atomic mass is 35.5. The van der Waals surface area contributed by atoms with Crippen LogP contribution in [0.4, 0.5) is 8.78 Å². The summed E-state index contributed by atoms with van der Waals surface area (Å²) in [5.74, 6) is -0.143. The minimum atomic E-state index is -2.89. The van der Waals surface area contributed by atoms with E-state index in [0.717, 1.165) is 32.7 Å². The lowest BCUT2D eigenvalue weighted by Crippen LogP contribution is -2.46. The Morgan fingerprint density at radius 3 is 2.70 bits per heavy atom. The molecule has 0 bridgehead atoms. The number of carbonyl (C=O) groups excluding carboxylic acids is 1. The van der Waals surface area contributed by atoms with Gasteiger partial charge in [-0.2, -0.15) is 8.78 Å². The van der Waals surface area contributed by atoms with Crippen molar-refractivity contribution in [3.05, 3.63) is 29.8 Å². The molecule has 23 heavy (non-hydrogen) atoms. The van der Waals surface area contributed by atoms with Crippen LogP contribution in [-0.4, -0.2) is 56.7 Å². The van der Waals surface area contributed by atoms with E-state index >= 15 is 0 Å². The van der Waals surface area contributed by atoms with E-state index in [4.69, 9.17) is 0 Å². The number of rotatable bonds is 7. The van der Waals surface area contributed by atoms with Gasteiger partial charge in [0.05, 0.1) is 6.42 Å². The third-order valence-corrected chi connectivity index (χ3v) is 3.50. The number of alkyl halides is 2. The lowest BCUT2D eigenvalue weighted by molar-refractivity contribution is -0.120. The quantitative estimate of drug-likeness (QED) is 0.778. The molecular weight excluding hydrogens is 328 g/mol. The Morgan fingerprint density at radius 1 is 1.30 bits per heavy atom. The summed E-state index contributed by atoms with van der Waals surface area (Å²) in [6, 6.07) is 6.36. The standard InChI is InChI=1S/C15H21F2N3O2.ClH/c16-15(17)22-13-4-2-1-3-12(13)11-14(21)19-7-10-20-8-5-18-6-9-20;/h1-4,15,18H,5-11H2,(H,19,21);1H. The number of nitrogens with zero attached hydrogens (tertiary/aromatic N) is 1. The van der Waals surface area contributed by atoms with Gasteiger partial charge in [-0.15, -0.1) is 12.4 Å². The number of ether oxygens (including phenoxy) is 1. The molecule has 0 radical (unpaired) electrons. The second-order valence-electron chi connectivity index (χ2n) is 5.10. The van der Waals surface area contributed by atoms with Crippen molar-refractivity contribution in [3.63, 3.8) is 0 Å². The molecule has 8 heteroatoms. The van der Waals surface area contributed by atoms with E-state index < -0.39 is 6.61 Å². The third kappa shape index (κ3) is 7.11. The van der Waals surface area contributed by atoms with E-state index in [1.165, 1.54) is 6.07 Å². The molecular formula is C15H22ClF2N3O2. The van der Waals surface area contributed by atoms with Gasteiger partial charge in [-0.1, -0.05) is 18.2 Å². The summed E-state index contributed by atoms with van der Waals surface area (Å²) in [4.78, 5) is 14.2. The summed E-state index contributed by atoms with van der Waals surface area (Å²) in [5, 5.41) is 6.08. The van der Waals surface area contributed by atoms with Gasteiger partial charge in [0.2, 0.25) is 5.91 Å². The van der Waals surface area contributed by atoms with Crippen molar-refractivity contribution in [2.75, 3.05) is 39.3 Å². The molecule has 1 saturated heterocycles. The van der Waals surface area contributed by atoms with Crippen molar-refractivity contribution in [2.45, 2.75) is 13.0 Å². The molecule has 0 unspecified atom stereocenters. The van der Waals surface area contributed by atoms with Crippen molar-refractivity contribution in [1.82, 2.24) is 15.5 Å². The highest BCUT2D eigenvalue weighted by molar-refractivity contribution is 5.85. The van der Waals surface area contributed by atoms with Crippen LogP contribution in [0.3, 0.4) is 0 Å². The van der Waals surface area contributed by atoms with Crippen molar-refractivity contribution in [1.29, 1.82) is 0 Å². The molecule has 0 spiro atoms. The van der Waals surface area contributed by atoms with Gasteiger partial charge in [-0.25, -0.2) is 0 Å². The zero-order valence-corrected chi connectivity index (χ0v) is 13.6. The molecule has 1 fully saturated rings. The van der Waals surface area contributed by atoms with Crippen LogP contribution in [0.15, 0.2) is 24.3 Å². The van der Waals surface area contributed by atoms with Gasteiger partial charge < -0.3 is 15.4 Å². The van der Waals surface area contributed by atoms with Crippen molar-refractivity contribution >= 4 is 18.3 Å². The number of halogens is 3. The van der Waals surface area contributed by atoms with E-state index in [1.807, 2.05) is 0 Å². The predicted molar refractivity (Wildman–Crippen MR) is 86.3 cm³/mol. The maximum absolute atomic E-state index is 12.3. The Hall–Kier alpha value is -1.44. The molecule has 0 atom stereocenters. The maximum atomic E-state index is 12.3. The molecule has 5 nitrogen and oxygen atoms in total. The van der Waals surface area contributed by atoms with Crippen LogP contribution in [0, 0.1) is 0 Å². The molecule has 2 N–H and O–H groups in total. The number of para-hydroxylation sites is 1. The van der Waals surface area contributed by atoms with E-state index in [0.29, 0.717) is 12.1 Å². The second-order valence-corrected chi connectivity index (χ2v) is 5.10. The van der Waals surface area contributed by atoms with Crippen LogP contribution in [0.2, 0.25) is 0 Å². The number of piperazine rings is 1. The smallest absolute Gasteiger partial charge is 0.387 e. The van der Waals surface area contributed by atoms with Crippen LogP contribution in [0.25, 0.3) is 0 Å². The number of hydrogen-bond donors (Lipinski definition) is 2. The predicted octanol–water partition coefficient (Wildman–Crippen LogP) is 1.27. The highest BCUT2D eigenvalue weighted by Gasteiger charge is 2.13. The minimum Gasteiger partial charge on any atom is -0.435 e. The van der Waals surface area contributed by atoms with Crippen LogP contribution in [0.1, 0.15) is 5.56 Å². The molecule has 0 saturated carbocycles. The van der Waals surface area contributed by atoms with Crippen molar-refractivity contribution in [2.24, 2.45) is 0 Å². The topological polar surface area (TPSA) is 53.6 Å². The van der Waals surface area contributed by atoms with E-state index in [2.05, 4.69) is 20.3 Å². The lowest BCUT2D eigenvalue weighted by atomic mass is 10.1. The number of hydrogen-bond acceptors (Lipinski definition) is 4. The van der Waals surface area contributed by atoms with Crippen LogP contribution < -0.4 is 15.4 Å². The number of nitrogens with one attached hydrogen (secondary N) is 2. The summed E-state index contributed by atoms with van der Waals surface area (Å²) < 4.78 is 29.0. The minimum absolute atomic E-state index is 0. The normalized spacial score (nSPS) is 15.1. The largest absolute Gasteiger partial charge is 0.435 e. The first-order chi connectivity index (χ1) is 10.6. The highest BCUT2D eigenvalue weighted by Crippen LogP contribution is 2.20. The molecule has 1 aromatic rings. The summed E-state index contributed by atoms with van der Waals surface area (Å²) in [7, 11) is 0. The average molecular weight is 350 g/mol. The van der Waals surface area contributed by atoms with Gasteiger partial charge in [0.25, 0.3) is 0 Å². The van der Waals surface area contributed by atoms with Gasteiger partial charge in [0.15, 0.2) is 0 Å². The fourth-order valence-electron chi connectivity index (χ4n) is 2.38. The Balaban J connectivity index is 0.00000264. The maximum Gasteiger partial charge on any atom is 0.387 e. The molecule has 1 heterocycles. The van der Waals surface area contributed by atoms with Crippen LogP contribution in [0.5, 0.6) is 5.75 Å². The van der Waals surface area contributed by atoms with E-state index in [-0.39, 0.29) is 30.5 Å². The third-order valence-electron chi connectivity index (χ3n) is 3.50. The first-order valence-corrected chi connectivity index (χ1v) is 7.37.